The van der Waals surface area contributed by atoms with E-state index < -0.39 is 39.0 Å². The Bertz CT molecular complexity index is 1660. The molecule has 186 valence electrons. The number of aromatic nitrogens is 2. The summed E-state index contributed by atoms with van der Waals surface area (Å²) in [5.41, 5.74) is 0.135. The van der Waals surface area contributed by atoms with E-state index in [1.165, 1.54) is 61.1 Å². The molecule has 0 aliphatic carbocycles. The van der Waals surface area contributed by atoms with E-state index in [0.717, 1.165) is 4.57 Å². The smallest absolute Gasteiger partial charge is 0.330 e. The SMILES string of the molecule is Cn1c(=O)c2cc(S(=O)(=O)NC(C(=O)NCc3ccc(F)cc3)c3ccccc3)ccc2n(C)c1=O. The van der Waals surface area contributed by atoms with Gasteiger partial charge in [0.1, 0.15) is 11.9 Å². The Labute approximate surface area is 205 Å². The van der Waals surface area contributed by atoms with E-state index in [0.29, 0.717) is 11.1 Å². The van der Waals surface area contributed by atoms with Gasteiger partial charge in [-0.3, -0.25) is 18.7 Å². The van der Waals surface area contributed by atoms with Gasteiger partial charge >= 0.3 is 5.69 Å². The van der Waals surface area contributed by atoms with Crippen molar-refractivity contribution < 1.29 is 17.6 Å². The number of rotatable bonds is 7. The van der Waals surface area contributed by atoms with Crippen molar-refractivity contribution in [1.82, 2.24) is 19.2 Å². The first-order valence-electron chi connectivity index (χ1n) is 10.9. The third kappa shape index (κ3) is 4.97. The predicted octanol–water partition coefficient (Wildman–Crippen LogP) is 1.71. The molecule has 4 rings (SSSR count). The summed E-state index contributed by atoms with van der Waals surface area (Å²) in [6.07, 6.45) is 0. The van der Waals surface area contributed by atoms with Crippen LogP contribution in [0.1, 0.15) is 17.2 Å². The minimum Gasteiger partial charge on any atom is -0.350 e. The Morgan fingerprint density at radius 1 is 0.944 bits per heavy atom. The van der Waals surface area contributed by atoms with Crippen LogP contribution >= 0.6 is 0 Å². The molecule has 1 amide bonds. The van der Waals surface area contributed by atoms with Gasteiger partial charge in [-0.1, -0.05) is 42.5 Å². The van der Waals surface area contributed by atoms with Crippen LogP contribution in [-0.2, 0) is 35.5 Å². The molecule has 0 aliphatic heterocycles. The van der Waals surface area contributed by atoms with Crippen LogP contribution in [0.25, 0.3) is 10.9 Å². The zero-order chi connectivity index (χ0) is 26.0. The lowest BCUT2D eigenvalue weighted by molar-refractivity contribution is -0.123. The van der Waals surface area contributed by atoms with Gasteiger partial charge in [-0.25, -0.2) is 17.6 Å². The largest absolute Gasteiger partial charge is 0.350 e. The second-order valence-electron chi connectivity index (χ2n) is 8.19. The Balaban J connectivity index is 1.67. The summed E-state index contributed by atoms with van der Waals surface area (Å²) in [5.74, 6) is -1.03. The van der Waals surface area contributed by atoms with E-state index in [-0.39, 0.29) is 22.3 Å². The summed E-state index contributed by atoms with van der Waals surface area (Å²) >= 11 is 0. The van der Waals surface area contributed by atoms with Gasteiger partial charge < -0.3 is 5.32 Å². The zero-order valence-corrected chi connectivity index (χ0v) is 20.3. The van der Waals surface area contributed by atoms with Gasteiger partial charge in [0.2, 0.25) is 15.9 Å². The molecule has 11 heteroatoms. The van der Waals surface area contributed by atoms with E-state index in [1.54, 1.807) is 30.3 Å². The van der Waals surface area contributed by atoms with Crippen molar-refractivity contribution in [3.05, 3.63) is 111 Å². The molecule has 1 aromatic heterocycles. The van der Waals surface area contributed by atoms with Gasteiger partial charge in [-0.2, -0.15) is 4.72 Å². The number of aryl methyl sites for hydroxylation is 1. The minimum atomic E-state index is -4.28. The van der Waals surface area contributed by atoms with E-state index in [4.69, 9.17) is 0 Å². The van der Waals surface area contributed by atoms with Gasteiger partial charge in [-0.15, -0.1) is 0 Å². The van der Waals surface area contributed by atoms with Gasteiger partial charge in [0.15, 0.2) is 0 Å². The number of nitrogens with zero attached hydrogens (tertiary/aromatic N) is 2. The summed E-state index contributed by atoms with van der Waals surface area (Å²) in [7, 11) is -1.50. The van der Waals surface area contributed by atoms with Crippen LogP contribution in [0.2, 0.25) is 0 Å². The molecule has 0 bridgehead atoms. The molecule has 0 saturated carbocycles. The van der Waals surface area contributed by atoms with Crippen LogP contribution < -0.4 is 21.3 Å². The molecule has 0 aliphatic rings. The van der Waals surface area contributed by atoms with Gasteiger partial charge in [0, 0.05) is 20.6 Å². The normalized spacial score (nSPS) is 12.4. The van der Waals surface area contributed by atoms with E-state index in [9.17, 15) is 27.2 Å². The van der Waals surface area contributed by atoms with Crippen molar-refractivity contribution >= 4 is 26.8 Å². The summed E-state index contributed by atoms with van der Waals surface area (Å²) < 4.78 is 44.3. The third-order valence-electron chi connectivity index (χ3n) is 5.80. The molecule has 3 aromatic carbocycles. The molecule has 2 N–H and O–H groups in total. The highest BCUT2D eigenvalue weighted by Crippen LogP contribution is 2.20. The van der Waals surface area contributed by atoms with Crippen molar-refractivity contribution in [3.8, 4) is 0 Å². The number of carbonyl (C=O) groups excluding carboxylic acids is 1. The van der Waals surface area contributed by atoms with Crippen LogP contribution in [0.5, 0.6) is 0 Å². The van der Waals surface area contributed by atoms with Crippen LogP contribution in [0, 0.1) is 5.82 Å². The molecule has 1 atom stereocenters. The van der Waals surface area contributed by atoms with Gasteiger partial charge in [0.05, 0.1) is 15.8 Å². The van der Waals surface area contributed by atoms with Crippen LogP contribution in [-0.4, -0.2) is 23.5 Å². The zero-order valence-electron chi connectivity index (χ0n) is 19.4. The number of halogens is 1. The summed E-state index contributed by atoms with van der Waals surface area (Å²) in [5, 5.41) is 2.71. The number of nitrogens with one attached hydrogen (secondary N) is 2. The molecule has 36 heavy (non-hydrogen) atoms. The van der Waals surface area contributed by atoms with Crippen LogP contribution in [0.4, 0.5) is 4.39 Å². The number of hydrogen-bond acceptors (Lipinski definition) is 5. The van der Waals surface area contributed by atoms with Crippen molar-refractivity contribution in [2.45, 2.75) is 17.5 Å². The maximum Gasteiger partial charge on any atom is 0.330 e. The van der Waals surface area contributed by atoms with Crippen LogP contribution in [0.15, 0.2) is 87.3 Å². The molecule has 0 radical (unpaired) electrons. The molecular formula is C25H23FN4O5S. The highest BCUT2D eigenvalue weighted by atomic mass is 32.2. The molecule has 0 fully saturated rings. The Hall–Kier alpha value is -4.09. The first-order valence-corrected chi connectivity index (χ1v) is 12.4. The molecule has 4 aromatic rings. The van der Waals surface area contributed by atoms with Crippen molar-refractivity contribution in [2.24, 2.45) is 14.1 Å². The van der Waals surface area contributed by atoms with E-state index in [2.05, 4.69) is 10.0 Å². The summed E-state index contributed by atoms with van der Waals surface area (Å²) in [6, 6.07) is 16.4. The number of fused-ring (bicyclic) bond motifs is 1. The number of benzene rings is 3. The fourth-order valence-corrected chi connectivity index (χ4v) is 4.99. The minimum absolute atomic E-state index is 0.0412. The lowest BCUT2D eigenvalue weighted by Crippen LogP contribution is -2.40. The fourth-order valence-electron chi connectivity index (χ4n) is 3.78. The fraction of sp³-hybridized carbons (Fsp3) is 0.160. The molecular weight excluding hydrogens is 487 g/mol. The molecule has 1 heterocycles. The topological polar surface area (TPSA) is 119 Å². The standard InChI is InChI=1S/C25H23FN4O5S/c1-29-21-13-12-19(14-20(21)24(32)30(2)25(29)33)36(34,35)28-22(17-6-4-3-5-7-17)23(31)27-15-16-8-10-18(26)11-9-16/h3-14,22,28H,15H2,1-2H3,(H,27,31). The number of hydrogen-bond donors (Lipinski definition) is 2. The quantitative estimate of drug-likeness (QED) is 0.392. The monoisotopic (exact) mass is 510 g/mol. The first-order chi connectivity index (χ1) is 17.1. The number of sulfonamides is 1. The molecule has 9 nitrogen and oxygen atoms in total. The van der Waals surface area contributed by atoms with Crippen molar-refractivity contribution in [2.75, 3.05) is 0 Å². The maximum atomic E-state index is 13.3. The predicted molar refractivity (Wildman–Crippen MR) is 132 cm³/mol. The Morgan fingerprint density at radius 2 is 1.61 bits per heavy atom. The highest BCUT2D eigenvalue weighted by Gasteiger charge is 2.28. The first kappa shape index (κ1) is 25.0. The van der Waals surface area contributed by atoms with Crippen molar-refractivity contribution in [1.29, 1.82) is 0 Å². The highest BCUT2D eigenvalue weighted by molar-refractivity contribution is 7.89. The summed E-state index contributed by atoms with van der Waals surface area (Å²) in [6.45, 7) is 0.0597. The lowest BCUT2D eigenvalue weighted by Gasteiger charge is -2.19. The number of carbonyl (C=O) groups is 1. The summed E-state index contributed by atoms with van der Waals surface area (Å²) in [4.78, 5) is 37.6. The average molecular weight is 511 g/mol. The lowest BCUT2D eigenvalue weighted by atomic mass is 10.1. The van der Waals surface area contributed by atoms with Gasteiger partial charge in [-0.05, 0) is 41.5 Å². The maximum absolute atomic E-state index is 13.3. The van der Waals surface area contributed by atoms with Gasteiger partial charge in [0.25, 0.3) is 5.56 Å². The third-order valence-corrected chi connectivity index (χ3v) is 7.22. The van der Waals surface area contributed by atoms with Crippen LogP contribution in [0.3, 0.4) is 0 Å². The second kappa shape index (κ2) is 9.88. The molecule has 0 spiro atoms. The molecule has 1 unspecified atom stereocenters. The van der Waals surface area contributed by atoms with Crippen molar-refractivity contribution in [3.63, 3.8) is 0 Å². The average Bonchev–Trinajstić information content (AvgIpc) is 2.89. The number of amides is 1. The van der Waals surface area contributed by atoms with E-state index >= 15 is 0 Å². The second-order valence-corrected chi connectivity index (χ2v) is 9.91. The Morgan fingerprint density at radius 3 is 2.28 bits per heavy atom. The Kier molecular flexibility index (Phi) is 6.86. The molecule has 0 saturated heterocycles. The van der Waals surface area contributed by atoms with E-state index in [1.807, 2.05) is 0 Å².